The lowest BCUT2D eigenvalue weighted by molar-refractivity contribution is -0.121. The van der Waals surface area contributed by atoms with Crippen LogP contribution in [-0.2, 0) is 11.2 Å². The Bertz CT molecular complexity index is 1080. The third-order valence-corrected chi connectivity index (χ3v) is 6.03. The molecule has 1 N–H and O–H groups in total. The van der Waals surface area contributed by atoms with Crippen LogP contribution >= 0.6 is 0 Å². The molecular weight excluding hydrogens is 366 g/mol. The van der Waals surface area contributed by atoms with Crippen molar-refractivity contribution in [1.82, 2.24) is 5.32 Å². The molecule has 150 valence electrons. The molecule has 3 aromatic rings. The minimum atomic E-state index is 0.000437. The standard InChI is InChI=1S/C24H25NO4/c1-14-3-7-19-18(13-29-24(19)15(14)2)12-22(26)25-23(16-4-5-16)17-6-8-20-21(11-17)28-10-9-27-20/h3,6-8,11,13,16,23H,4-5,9-10,12H2,1-2H3,(H,25,26). The Morgan fingerprint density at radius 3 is 2.69 bits per heavy atom. The third-order valence-electron chi connectivity index (χ3n) is 6.03. The molecule has 5 rings (SSSR count). The fraction of sp³-hybridized carbons (Fsp3) is 0.375. The largest absolute Gasteiger partial charge is 0.486 e. The first-order chi connectivity index (χ1) is 14.1. The number of carbonyl (C=O) groups is 1. The van der Waals surface area contributed by atoms with E-state index in [1.807, 2.05) is 24.3 Å². The molecule has 1 aliphatic heterocycles. The molecule has 1 aliphatic carbocycles. The number of aryl methyl sites for hydroxylation is 2. The van der Waals surface area contributed by atoms with Crippen LogP contribution in [0.3, 0.4) is 0 Å². The second-order valence-corrected chi connectivity index (χ2v) is 8.11. The lowest BCUT2D eigenvalue weighted by atomic mass is 10.0. The van der Waals surface area contributed by atoms with E-state index in [0.717, 1.165) is 52.0 Å². The lowest BCUT2D eigenvalue weighted by Crippen LogP contribution is -2.31. The summed E-state index contributed by atoms with van der Waals surface area (Å²) in [6.45, 7) is 5.25. The molecule has 2 aliphatic rings. The van der Waals surface area contributed by atoms with Crippen LogP contribution in [0.1, 0.15) is 41.1 Å². The minimum absolute atomic E-state index is 0.000437. The first kappa shape index (κ1) is 18.1. The Labute approximate surface area is 170 Å². The van der Waals surface area contributed by atoms with Gasteiger partial charge in [-0.05, 0) is 61.4 Å². The molecule has 0 bridgehead atoms. The molecule has 1 aromatic heterocycles. The maximum absolute atomic E-state index is 12.9. The number of hydrogen-bond acceptors (Lipinski definition) is 4. The van der Waals surface area contributed by atoms with Gasteiger partial charge in [0.15, 0.2) is 11.5 Å². The number of amides is 1. The predicted molar refractivity (Wildman–Crippen MR) is 110 cm³/mol. The second kappa shape index (κ2) is 7.14. The van der Waals surface area contributed by atoms with Gasteiger partial charge in [-0.15, -0.1) is 0 Å². The molecule has 1 atom stereocenters. The SMILES string of the molecule is Cc1ccc2c(CC(=O)NC(c3ccc4c(c3)OCCO4)C3CC3)coc2c1C. The molecular formula is C24H25NO4. The van der Waals surface area contributed by atoms with E-state index in [4.69, 9.17) is 13.9 Å². The smallest absolute Gasteiger partial charge is 0.225 e. The van der Waals surface area contributed by atoms with Crippen molar-refractivity contribution in [3.8, 4) is 11.5 Å². The molecule has 1 unspecified atom stereocenters. The van der Waals surface area contributed by atoms with E-state index in [1.165, 1.54) is 5.56 Å². The van der Waals surface area contributed by atoms with Crippen LogP contribution in [0, 0.1) is 19.8 Å². The molecule has 1 fully saturated rings. The monoisotopic (exact) mass is 391 g/mol. The summed E-state index contributed by atoms with van der Waals surface area (Å²) in [4.78, 5) is 12.9. The molecule has 0 spiro atoms. The van der Waals surface area contributed by atoms with E-state index in [-0.39, 0.29) is 11.9 Å². The van der Waals surface area contributed by atoms with E-state index in [1.54, 1.807) is 6.26 Å². The zero-order chi connectivity index (χ0) is 20.0. The maximum Gasteiger partial charge on any atom is 0.225 e. The van der Waals surface area contributed by atoms with Crippen LogP contribution in [0.25, 0.3) is 11.0 Å². The highest BCUT2D eigenvalue weighted by molar-refractivity contribution is 5.89. The van der Waals surface area contributed by atoms with Gasteiger partial charge in [0, 0.05) is 10.9 Å². The van der Waals surface area contributed by atoms with Gasteiger partial charge in [-0.25, -0.2) is 0 Å². The first-order valence-corrected chi connectivity index (χ1v) is 10.3. The number of hydrogen-bond donors (Lipinski definition) is 1. The molecule has 5 nitrogen and oxygen atoms in total. The number of ether oxygens (including phenoxy) is 2. The summed E-state index contributed by atoms with van der Waals surface area (Å²) in [7, 11) is 0. The normalized spacial score (nSPS) is 16.6. The van der Waals surface area contributed by atoms with Crippen LogP contribution in [-0.4, -0.2) is 19.1 Å². The summed E-state index contributed by atoms with van der Waals surface area (Å²) in [5, 5.41) is 4.27. The zero-order valence-corrected chi connectivity index (χ0v) is 16.8. The average molecular weight is 391 g/mol. The van der Waals surface area contributed by atoms with E-state index in [2.05, 4.69) is 25.2 Å². The van der Waals surface area contributed by atoms with Crippen molar-refractivity contribution in [1.29, 1.82) is 0 Å². The van der Waals surface area contributed by atoms with E-state index in [9.17, 15) is 4.79 Å². The number of carbonyl (C=O) groups excluding carboxylic acids is 1. The number of benzene rings is 2. The summed E-state index contributed by atoms with van der Waals surface area (Å²) in [5.41, 5.74) is 5.20. The summed E-state index contributed by atoms with van der Waals surface area (Å²) < 4.78 is 17.1. The van der Waals surface area contributed by atoms with Gasteiger partial charge in [-0.3, -0.25) is 4.79 Å². The van der Waals surface area contributed by atoms with Gasteiger partial charge in [0.2, 0.25) is 5.91 Å². The van der Waals surface area contributed by atoms with Gasteiger partial charge in [-0.1, -0.05) is 18.2 Å². The van der Waals surface area contributed by atoms with E-state index in [0.29, 0.717) is 25.6 Å². The molecule has 1 amide bonds. The topological polar surface area (TPSA) is 60.7 Å². The highest BCUT2D eigenvalue weighted by Gasteiger charge is 2.34. The average Bonchev–Trinajstić information content (AvgIpc) is 3.50. The second-order valence-electron chi connectivity index (χ2n) is 8.11. The van der Waals surface area contributed by atoms with Crippen LogP contribution in [0.4, 0.5) is 0 Å². The Morgan fingerprint density at radius 1 is 1.10 bits per heavy atom. The minimum Gasteiger partial charge on any atom is -0.486 e. The quantitative estimate of drug-likeness (QED) is 0.689. The summed E-state index contributed by atoms with van der Waals surface area (Å²) in [6, 6.07) is 10.1. The van der Waals surface area contributed by atoms with Crippen molar-refractivity contribution < 1.29 is 18.7 Å². The van der Waals surface area contributed by atoms with Crippen molar-refractivity contribution in [2.75, 3.05) is 13.2 Å². The maximum atomic E-state index is 12.9. The Balaban J connectivity index is 1.35. The number of rotatable bonds is 5. The van der Waals surface area contributed by atoms with Crippen LogP contribution in [0.15, 0.2) is 41.0 Å². The third kappa shape index (κ3) is 3.46. The van der Waals surface area contributed by atoms with Crippen molar-refractivity contribution in [2.45, 2.75) is 39.2 Å². The fourth-order valence-electron chi connectivity index (χ4n) is 4.08. The van der Waals surface area contributed by atoms with Crippen LogP contribution in [0.2, 0.25) is 0 Å². The van der Waals surface area contributed by atoms with Crippen molar-refractivity contribution in [3.05, 3.63) is 58.8 Å². The summed E-state index contributed by atoms with van der Waals surface area (Å²) in [5.74, 6) is 2.03. The molecule has 2 heterocycles. The molecule has 1 saturated carbocycles. The Kier molecular flexibility index (Phi) is 4.46. The first-order valence-electron chi connectivity index (χ1n) is 10.3. The Morgan fingerprint density at radius 2 is 1.90 bits per heavy atom. The van der Waals surface area contributed by atoms with Gasteiger partial charge >= 0.3 is 0 Å². The van der Waals surface area contributed by atoms with Gasteiger partial charge < -0.3 is 19.2 Å². The molecule has 0 radical (unpaired) electrons. The van der Waals surface area contributed by atoms with Gasteiger partial charge in [0.25, 0.3) is 0 Å². The predicted octanol–water partition coefficient (Wildman–Crippen LogP) is 4.63. The van der Waals surface area contributed by atoms with Crippen molar-refractivity contribution in [2.24, 2.45) is 5.92 Å². The number of nitrogens with one attached hydrogen (secondary N) is 1. The zero-order valence-electron chi connectivity index (χ0n) is 16.8. The molecule has 5 heteroatoms. The fourth-order valence-corrected chi connectivity index (χ4v) is 4.08. The number of furan rings is 1. The van der Waals surface area contributed by atoms with Crippen LogP contribution < -0.4 is 14.8 Å². The van der Waals surface area contributed by atoms with Crippen molar-refractivity contribution in [3.63, 3.8) is 0 Å². The summed E-state index contributed by atoms with van der Waals surface area (Å²) in [6.07, 6.45) is 4.29. The van der Waals surface area contributed by atoms with E-state index < -0.39 is 0 Å². The van der Waals surface area contributed by atoms with Gasteiger partial charge in [-0.2, -0.15) is 0 Å². The van der Waals surface area contributed by atoms with E-state index >= 15 is 0 Å². The lowest BCUT2D eigenvalue weighted by Gasteiger charge is -2.23. The molecule has 29 heavy (non-hydrogen) atoms. The Hall–Kier alpha value is -2.95. The molecule has 2 aromatic carbocycles. The summed E-state index contributed by atoms with van der Waals surface area (Å²) >= 11 is 0. The van der Waals surface area contributed by atoms with Crippen molar-refractivity contribution >= 4 is 16.9 Å². The van der Waals surface area contributed by atoms with Gasteiger partial charge in [0.05, 0.1) is 18.7 Å². The highest BCUT2D eigenvalue weighted by Crippen LogP contribution is 2.43. The molecule has 0 saturated heterocycles. The number of fused-ring (bicyclic) bond motifs is 2. The highest BCUT2D eigenvalue weighted by atomic mass is 16.6. The van der Waals surface area contributed by atoms with Gasteiger partial charge in [0.1, 0.15) is 18.8 Å². The van der Waals surface area contributed by atoms with Crippen LogP contribution in [0.5, 0.6) is 11.5 Å².